The Labute approximate surface area is 171 Å². The van der Waals surface area contributed by atoms with E-state index in [0.29, 0.717) is 24.3 Å². The third kappa shape index (κ3) is 4.54. The van der Waals surface area contributed by atoms with E-state index in [-0.39, 0.29) is 17.2 Å². The zero-order valence-corrected chi connectivity index (χ0v) is 16.1. The molecule has 0 bridgehead atoms. The first kappa shape index (κ1) is 20.8. The Kier molecular flexibility index (Phi) is 6.26. The maximum Gasteiger partial charge on any atom is 0.338 e. The van der Waals surface area contributed by atoms with Gasteiger partial charge in [0.15, 0.2) is 12.4 Å². The SMILES string of the molecule is COC(=O)c1ccc(OCC(=O)Nc2ccccc2N2CCCC2=O)c([N+](=O)[O-])c1. The zero-order valence-electron chi connectivity index (χ0n) is 16.1. The van der Waals surface area contributed by atoms with Crippen molar-refractivity contribution in [1.29, 1.82) is 0 Å². The second-order valence-electron chi connectivity index (χ2n) is 6.43. The summed E-state index contributed by atoms with van der Waals surface area (Å²) in [6.45, 7) is 0.0711. The monoisotopic (exact) mass is 413 g/mol. The standard InChI is InChI=1S/C20H19N3O7/c1-29-20(26)13-8-9-17(16(11-13)23(27)28)30-12-18(24)21-14-5-2-3-6-15(14)22-10-4-7-19(22)25/h2-3,5-6,8-9,11H,4,7,10,12H2,1H3,(H,21,24). The van der Waals surface area contributed by atoms with Crippen LogP contribution in [0.2, 0.25) is 0 Å². The van der Waals surface area contributed by atoms with E-state index in [4.69, 9.17) is 4.74 Å². The predicted molar refractivity (Wildman–Crippen MR) is 107 cm³/mol. The molecule has 0 aromatic heterocycles. The molecule has 0 unspecified atom stereocenters. The molecule has 0 saturated carbocycles. The Hall–Kier alpha value is -3.95. The smallest absolute Gasteiger partial charge is 0.338 e. The van der Waals surface area contributed by atoms with E-state index in [1.807, 2.05) is 0 Å². The second-order valence-corrected chi connectivity index (χ2v) is 6.43. The molecule has 1 N–H and O–H groups in total. The molecule has 2 aromatic rings. The summed E-state index contributed by atoms with van der Waals surface area (Å²) < 4.78 is 9.84. The molecule has 30 heavy (non-hydrogen) atoms. The van der Waals surface area contributed by atoms with Gasteiger partial charge in [-0.25, -0.2) is 4.79 Å². The van der Waals surface area contributed by atoms with Crippen LogP contribution < -0.4 is 15.0 Å². The minimum Gasteiger partial charge on any atom is -0.477 e. The van der Waals surface area contributed by atoms with E-state index in [9.17, 15) is 24.5 Å². The summed E-state index contributed by atoms with van der Waals surface area (Å²) in [6, 6.07) is 10.4. The van der Waals surface area contributed by atoms with E-state index in [2.05, 4.69) is 10.1 Å². The number of nitrogens with one attached hydrogen (secondary N) is 1. The number of nitro benzene ring substituents is 1. The summed E-state index contributed by atoms with van der Waals surface area (Å²) in [7, 11) is 1.16. The van der Waals surface area contributed by atoms with Gasteiger partial charge < -0.3 is 19.7 Å². The van der Waals surface area contributed by atoms with Crippen LogP contribution in [0.4, 0.5) is 17.1 Å². The van der Waals surface area contributed by atoms with Gasteiger partial charge in [0.1, 0.15) is 0 Å². The van der Waals surface area contributed by atoms with Gasteiger partial charge in [-0.2, -0.15) is 0 Å². The van der Waals surface area contributed by atoms with Crippen molar-refractivity contribution in [3.8, 4) is 5.75 Å². The predicted octanol–water partition coefficient (Wildman–Crippen LogP) is 2.53. The highest BCUT2D eigenvalue weighted by Gasteiger charge is 2.24. The lowest BCUT2D eigenvalue weighted by molar-refractivity contribution is -0.385. The third-order valence-corrected chi connectivity index (χ3v) is 4.48. The first-order chi connectivity index (χ1) is 14.4. The van der Waals surface area contributed by atoms with Crippen molar-refractivity contribution in [3.05, 3.63) is 58.1 Å². The number of rotatable bonds is 7. The summed E-state index contributed by atoms with van der Waals surface area (Å²) in [6.07, 6.45) is 1.20. The molecule has 1 aliphatic heterocycles. The van der Waals surface area contributed by atoms with Crippen LogP contribution >= 0.6 is 0 Å². The van der Waals surface area contributed by atoms with Crippen molar-refractivity contribution in [2.24, 2.45) is 0 Å². The number of para-hydroxylation sites is 2. The van der Waals surface area contributed by atoms with Crippen LogP contribution in [0, 0.1) is 10.1 Å². The van der Waals surface area contributed by atoms with Crippen molar-refractivity contribution >= 4 is 34.8 Å². The Morgan fingerprint density at radius 2 is 2.00 bits per heavy atom. The molecule has 2 amide bonds. The van der Waals surface area contributed by atoms with Crippen LogP contribution in [0.15, 0.2) is 42.5 Å². The first-order valence-corrected chi connectivity index (χ1v) is 9.09. The van der Waals surface area contributed by atoms with E-state index < -0.39 is 29.1 Å². The highest BCUT2D eigenvalue weighted by atomic mass is 16.6. The summed E-state index contributed by atoms with van der Waals surface area (Å²) >= 11 is 0. The van der Waals surface area contributed by atoms with Gasteiger partial charge in [0.2, 0.25) is 5.91 Å². The Bertz CT molecular complexity index is 1010. The molecule has 1 heterocycles. The third-order valence-electron chi connectivity index (χ3n) is 4.48. The topological polar surface area (TPSA) is 128 Å². The van der Waals surface area contributed by atoms with Crippen LogP contribution in [-0.2, 0) is 14.3 Å². The highest BCUT2D eigenvalue weighted by molar-refractivity contribution is 6.02. The number of ether oxygens (including phenoxy) is 2. The molecule has 156 valence electrons. The van der Waals surface area contributed by atoms with E-state index in [1.54, 1.807) is 29.2 Å². The molecular weight excluding hydrogens is 394 g/mol. The largest absolute Gasteiger partial charge is 0.477 e. The lowest BCUT2D eigenvalue weighted by atomic mass is 10.2. The fraction of sp³-hybridized carbons (Fsp3) is 0.250. The minimum atomic E-state index is -0.726. The number of nitrogens with zero attached hydrogens (tertiary/aromatic N) is 2. The number of carbonyl (C=O) groups is 3. The Morgan fingerprint density at radius 1 is 1.23 bits per heavy atom. The fourth-order valence-corrected chi connectivity index (χ4v) is 3.07. The molecule has 10 nitrogen and oxygen atoms in total. The molecule has 0 aliphatic carbocycles. The zero-order chi connectivity index (χ0) is 21.7. The maximum absolute atomic E-state index is 12.4. The molecular formula is C20H19N3O7. The highest BCUT2D eigenvalue weighted by Crippen LogP contribution is 2.30. The molecule has 3 rings (SSSR count). The van der Waals surface area contributed by atoms with Gasteiger partial charge in [0.05, 0.1) is 29.0 Å². The summed E-state index contributed by atoms with van der Waals surface area (Å²) in [4.78, 5) is 48.1. The number of anilines is 2. The molecule has 10 heteroatoms. The average molecular weight is 413 g/mol. The van der Waals surface area contributed by atoms with Gasteiger partial charge in [0.25, 0.3) is 5.91 Å². The number of nitro groups is 1. The average Bonchev–Trinajstić information content (AvgIpc) is 3.17. The van der Waals surface area contributed by atoms with Gasteiger partial charge in [-0.1, -0.05) is 12.1 Å². The molecule has 0 radical (unpaired) electrons. The Balaban J connectivity index is 1.71. The number of amides is 2. The quantitative estimate of drug-likeness (QED) is 0.420. The number of esters is 1. The van der Waals surface area contributed by atoms with Crippen LogP contribution in [-0.4, -0.2) is 43.0 Å². The van der Waals surface area contributed by atoms with E-state index in [1.165, 1.54) is 12.1 Å². The van der Waals surface area contributed by atoms with Crippen LogP contribution in [0.3, 0.4) is 0 Å². The number of methoxy groups -OCH3 is 1. The summed E-state index contributed by atoms with van der Waals surface area (Å²) in [5.41, 5.74) is 0.553. The van der Waals surface area contributed by atoms with Gasteiger partial charge in [-0.3, -0.25) is 19.7 Å². The second kappa shape index (κ2) is 9.03. The van der Waals surface area contributed by atoms with Gasteiger partial charge >= 0.3 is 11.7 Å². The van der Waals surface area contributed by atoms with Gasteiger partial charge in [0, 0.05) is 19.0 Å². The first-order valence-electron chi connectivity index (χ1n) is 9.09. The summed E-state index contributed by atoms with van der Waals surface area (Å²) in [5.74, 6) is -1.46. The summed E-state index contributed by atoms with van der Waals surface area (Å²) in [5, 5.41) is 13.9. The lowest BCUT2D eigenvalue weighted by Gasteiger charge is -2.20. The van der Waals surface area contributed by atoms with Crippen LogP contribution in [0.5, 0.6) is 5.75 Å². The van der Waals surface area contributed by atoms with Crippen molar-refractivity contribution in [2.75, 3.05) is 30.5 Å². The molecule has 0 atom stereocenters. The molecule has 1 saturated heterocycles. The number of carbonyl (C=O) groups excluding carboxylic acids is 3. The Morgan fingerprint density at radius 3 is 2.67 bits per heavy atom. The van der Waals surface area contributed by atoms with E-state index in [0.717, 1.165) is 19.6 Å². The number of hydrogen-bond donors (Lipinski definition) is 1. The maximum atomic E-state index is 12.4. The van der Waals surface area contributed by atoms with Crippen molar-refractivity contribution in [1.82, 2.24) is 0 Å². The fourth-order valence-electron chi connectivity index (χ4n) is 3.07. The normalized spacial score (nSPS) is 13.1. The van der Waals surface area contributed by atoms with Crippen LogP contribution in [0.25, 0.3) is 0 Å². The number of benzene rings is 2. The number of hydrogen-bond acceptors (Lipinski definition) is 7. The molecule has 2 aromatic carbocycles. The molecule has 1 aliphatic rings. The van der Waals surface area contributed by atoms with Crippen molar-refractivity contribution in [2.45, 2.75) is 12.8 Å². The van der Waals surface area contributed by atoms with E-state index >= 15 is 0 Å². The van der Waals surface area contributed by atoms with Crippen LogP contribution in [0.1, 0.15) is 23.2 Å². The minimum absolute atomic E-state index is 0.00907. The molecule has 1 fully saturated rings. The van der Waals surface area contributed by atoms with Gasteiger partial charge in [-0.05, 0) is 30.7 Å². The van der Waals surface area contributed by atoms with Crippen molar-refractivity contribution < 1.29 is 28.8 Å². The van der Waals surface area contributed by atoms with Gasteiger partial charge in [-0.15, -0.1) is 0 Å². The lowest BCUT2D eigenvalue weighted by Crippen LogP contribution is -2.27. The molecule has 0 spiro atoms. The van der Waals surface area contributed by atoms with Crippen molar-refractivity contribution in [3.63, 3.8) is 0 Å².